The molecule has 1 saturated heterocycles. The molecule has 8 aromatic rings. The topological polar surface area (TPSA) is 231 Å². The van der Waals surface area contributed by atoms with Crippen molar-refractivity contribution in [2.75, 3.05) is 29.9 Å². The minimum atomic E-state index is -0.881. The van der Waals surface area contributed by atoms with E-state index in [9.17, 15) is 29.1 Å². The number of para-hydroxylation sites is 1. The zero-order valence-electron chi connectivity index (χ0n) is 54.1. The van der Waals surface area contributed by atoms with Crippen molar-refractivity contribution in [1.29, 1.82) is 0 Å². The quantitative estimate of drug-likeness (QED) is 0.0326. The number of hydrogen-bond acceptors (Lipinski definition) is 16. The SMILES string of the molecule is Cc1cc(-c2ncc(CCCCCCCC(=O)N[C@H](C(=O)N3C[C@H](O)C[C@H]3C(=O)N[C@@H](C)c3ccc(-c4scnc4C)cc3)C(C)(C)C)cn2)ccc1OCCCc1ccc(N2CCc3cccc(C(=O)Nc4nc5ccccc5s4)c3C2)nc1C(=O)OC(C)(C)C. The van der Waals surface area contributed by atoms with E-state index < -0.39 is 35.2 Å². The van der Waals surface area contributed by atoms with Crippen LogP contribution in [0.2, 0.25) is 0 Å². The lowest BCUT2D eigenvalue weighted by Crippen LogP contribution is -2.57. The Morgan fingerprint density at radius 2 is 1.54 bits per heavy atom. The summed E-state index contributed by atoms with van der Waals surface area (Å²) in [5.74, 6) is 0.356. The number of pyridine rings is 1. The van der Waals surface area contributed by atoms with E-state index >= 15 is 0 Å². The summed E-state index contributed by atoms with van der Waals surface area (Å²) in [4.78, 5) is 96.8. The number of ether oxygens (including phenoxy) is 2. The highest BCUT2D eigenvalue weighted by Gasteiger charge is 2.45. The number of thiazole rings is 2. The van der Waals surface area contributed by atoms with E-state index in [2.05, 4.69) is 36.9 Å². The van der Waals surface area contributed by atoms with Crippen LogP contribution in [0, 0.1) is 19.3 Å². The van der Waals surface area contributed by atoms with Crippen LogP contribution in [-0.2, 0) is 44.9 Å². The number of aromatic nitrogens is 5. The number of β-amino-alcohol motifs (C(OH)–C–C–N with tert-alkyl or cyclic N) is 1. The average molecular weight is 1280 g/mol. The largest absolute Gasteiger partial charge is 0.493 e. The predicted octanol–water partition coefficient (Wildman–Crippen LogP) is 12.9. The minimum Gasteiger partial charge on any atom is -0.493 e. The highest BCUT2D eigenvalue weighted by atomic mass is 32.1. The molecule has 4 aromatic carbocycles. The van der Waals surface area contributed by atoms with E-state index in [1.165, 1.54) is 16.2 Å². The summed E-state index contributed by atoms with van der Waals surface area (Å²) in [6.07, 6.45) is 10.4. The molecular weight excluding hydrogens is 1200 g/mol. The Balaban J connectivity index is 0.649. The Labute approximate surface area is 547 Å². The Morgan fingerprint density at radius 1 is 0.793 bits per heavy atom. The van der Waals surface area contributed by atoms with E-state index in [1.54, 1.807) is 11.3 Å². The standard InChI is InChI=1S/C72H84N10O8S2/c1-44-37-52(30-32-58(44)89-36-18-21-50-31-33-60(78-62(50)69(88)90-72(7,8)9)81-35-34-49-20-17-22-54(55(49)42-81)66(85)80-70-77-56-23-15-16-24-59(56)92-70)65-73-39-47(40-74-65)19-13-11-10-12-14-25-61(84)79-64(71(4,5)6)68(87)82-41-53(83)38-57(82)67(86)76-45(2)48-26-28-51(29-27-48)63-46(3)75-43-91-63/h15-17,20,22-24,26-33,37,39-40,43,45,53,57,64,83H,10-14,18-19,21,25,34-36,38,41-42H2,1-9H3,(H,76,86)(H,79,84)(H,77,80,85)/t45-,53+,57-,64+/m0/s1. The number of carbonyl (C=O) groups is 5. The number of benzene rings is 4. The first-order valence-electron chi connectivity index (χ1n) is 31.9. The predicted molar refractivity (Wildman–Crippen MR) is 362 cm³/mol. The van der Waals surface area contributed by atoms with Crippen LogP contribution in [0.4, 0.5) is 10.9 Å². The van der Waals surface area contributed by atoms with E-state index in [1.807, 2.05) is 171 Å². The Morgan fingerprint density at radius 3 is 2.27 bits per heavy atom. The second kappa shape index (κ2) is 29.4. The number of amides is 4. The van der Waals surface area contributed by atoms with Crippen molar-refractivity contribution in [3.05, 3.63) is 165 Å². The molecule has 0 unspecified atom stereocenters. The molecule has 1 fully saturated rings. The molecule has 0 saturated carbocycles. The number of nitrogens with zero attached hydrogens (tertiary/aromatic N) is 7. The lowest BCUT2D eigenvalue weighted by atomic mass is 9.85. The van der Waals surface area contributed by atoms with Crippen molar-refractivity contribution in [3.63, 3.8) is 0 Å². The van der Waals surface area contributed by atoms with E-state index in [-0.39, 0.29) is 54.8 Å². The molecule has 92 heavy (non-hydrogen) atoms. The summed E-state index contributed by atoms with van der Waals surface area (Å²) >= 11 is 3.02. The molecule has 6 heterocycles. The Bertz CT molecular complexity index is 3900. The maximum atomic E-state index is 14.2. The van der Waals surface area contributed by atoms with Crippen LogP contribution in [0.5, 0.6) is 5.75 Å². The summed E-state index contributed by atoms with van der Waals surface area (Å²) in [6.45, 7) is 18.6. The molecule has 0 spiro atoms. The van der Waals surface area contributed by atoms with Gasteiger partial charge in [0, 0.05) is 56.0 Å². The first kappa shape index (κ1) is 66.5. The van der Waals surface area contributed by atoms with Gasteiger partial charge in [-0.2, -0.15) is 0 Å². The van der Waals surface area contributed by atoms with E-state index in [4.69, 9.17) is 24.4 Å². The third-order valence-electron chi connectivity index (χ3n) is 16.8. The minimum absolute atomic E-state index is 0.0129. The molecule has 4 amide bonds. The summed E-state index contributed by atoms with van der Waals surface area (Å²) < 4.78 is 13.2. The van der Waals surface area contributed by atoms with Crippen molar-refractivity contribution in [2.24, 2.45) is 5.41 Å². The summed E-state index contributed by atoms with van der Waals surface area (Å²) in [7, 11) is 0. The van der Waals surface area contributed by atoms with Gasteiger partial charge in [-0.05, 0) is 167 Å². The zero-order chi connectivity index (χ0) is 65.3. The number of rotatable bonds is 24. The van der Waals surface area contributed by atoms with Crippen LogP contribution in [0.15, 0.2) is 115 Å². The van der Waals surface area contributed by atoms with Gasteiger partial charge in [0.15, 0.2) is 16.6 Å². The summed E-state index contributed by atoms with van der Waals surface area (Å²) in [6, 6.07) is 29.4. The van der Waals surface area contributed by atoms with Crippen molar-refractivity contribution in [1.82, 2.24) is 40.5 Å². The van der Waals surface area contributed by atoms with Gasteiger partial charge in [-0.25, -0.2) is 29.7 Å². The third kappa shape index (κ3) is 16.8. The Hall–Kier alpha value is -8.46. The van der Waals surface area contributed by atoms with E-state index in [0.717, 1.165) is 103 Å². The molecular formula is C72H84N10O8S2. The highest BCUT2D eigenvalue weighted by Crippen LogP contribution is 2.34. The van der Waals surface area contributed by atoms with E-state index in [0.29, 0.717) is 67.7 Å². The monoisotopic (exact) mass is 1280 g/mol. The second-order valence-electron chi connectivity index (χ2n) is 26.2. The van der Waals surface area contributed by atoms with Crippen LogP contribution in [0.25, 0.3) is 32.0 Å². The number of anilines is 2. The number of aliphatic hydroxyl groups is 1. The molecule has 0 radical (unpaired) electrons. The molecule has 4 aromatic heterocycles. The summed E-state index contributed by atoms with van der Waals surface area (Å²) in [5.41, 5.74) is 10.7. The van der Waals surface area contributed by atoms with Crippen LogP contribution in [0.1, 0.15) is 166 Å². The fourth-order valence-corrected chi connectivity index (χ4v) is 13.5. The number of fused-ring (bicyclic) bond motifs is 2. The number of aryl methyl sites for hydroxylation is 4. The van der Waals surface area contributed by atoms with Gasteiger partial charge in [-0.1, -0.05) is 106 Å². The normalized spacial score (nSPS) is 15.6. The maximum absolute atomic E-state index is 14.2. The molecule has 2 aliphatic heterocycles. The molecule has 18 nitrogen and oxygen atoms in total. The smallest absolute Gasteiger partial charge is 0.357 e. The van der Waals surface area contributed by atoms with Gasteiger partial charge < -0.3 is 35.0 Å². The molecule has 20 heteroatoms. The fourth-order valence-electron chi connectivity index (χ4n) is 11.9. The van der Waals surface area contributed by atoms with Gasteiger partial charge in [0.2, 0.25) is 17.7 Å². The van der Waals surface area contributed by atoms with Gasteiger partial charge in [0.1, 0.15) is 29.3 Å². The molecule has 482 valence electrons. The van der Waals surface area contributed by atoms with Crippen LogP contribution in [-0.4, -0.2) is 108 Å². The van der Waals surface area contributed by atoms with Crippen molar-refractivity contribution < 1.29 is 38.6 Å². The molecule has 0 bridgehead atoms. The van der Waals surface area contributed by atoms with Crippen molar-refractivity contribution in [3.8, 4) is 27.6 Å². The lowest BCUT2D eigenvalue weighted by Gasteiger charge is -2.35. The number of nitrogens with one attached hydrogen (secondary N) is 3. The maximum Gasteiger partial charge on any atom is 0.357 e. The van der Waals surface area contributed by atoms with Gasteiger partial charge in [-0.3, -0.25) is 24.5 Å². The summed E-state index contributed by atoms with van der Waals surface area (Å²) in [5, 5.41) is 20.3. The van der Waals surface area contributed by atoms with Gasteiger partial charge in [-0.15, -0.1) is 11.3 Å². The molecule has 4 atom stereocenters. The van der Waals surface area contributed by atoms with Crippen LogP contribution < -0.4 is 25.6 Å². The zero-order valence-corrected chi connectivity index (χ0v) is 55.8. The van der Waals surface area contributed by atoms with Gasteiger partial charge >= 0.3 is 5.97 Å². The first-order chi connectivity index (χ1) is 44.0. The number of aliphatic hydroxyl groups excluding tert-OH is 1. The van der Waals surface area contributed by atoms with Gasteiger partial charge in [0.05, 0.1) is 45.1 Å². The molecule has 0 aliphatic carbocycles. The second-order valence-corrected chi connectivity index (χ2v) is 28.1. The van der Waals surface area contributed by atoms with Crippen LogP contribution in [0.3, 0.4) is 0 Å². The molecule has 4 N–H and O–H groups in total. The number of hydrogen-bond donors (Lipinski definition) is 4. The number of unbranched alkanes of at least 4 members (excludes halogenated alkanes) is 4. The molecule has 10 rings (SSSR count). The fraction of sp³-hybridized carbons (Fsp3) is 0.417. The van der Waals surface area contributed by atoms with Crippen molar-refractivity contribution in [2.45, 2.75) is 169 Å². The number of esters is 1. The lowest BCUT2D eigenvalue weighted by molar-refractivity contribution is -0.144. The van der Waals surface area contributed by atoms with Crippen molar-refractivity contribution >= 4 is 73.4 Å². The van der Waals surface area contributed by atoms with Crippen LogP contribution >= 0.6 is 22.7 Å². The number of carbonyl (C=O) groups excluding carboxylic acids is 5. The average Bonchev–Trinajstić information content (AvgIpc) is 1.18. The molecule has 2 aliphatic rings. The third-order valence-corrected chi connectivity index (χ3v) is 18.8. The Kier molecular flexibility index (Phi) is 21.3. The van der Waals surface area contributed by atoms with Gasteiger partial charge in [0.25, 0.3) is 5.91 Å². The highest BCUT2D eigenvalue weighted by molar-refractivity contribution is 7.22. The first-order valence-corrected chi connectivity index (χ1v) is 33.6. The number of likely N-dealkylation sites (tertiary alicyclic amines) is 1.